The lowest BCUT2D eigenvalue weighted by Crippen LogP contribution is -2.24. The Balaban J connectivity index is 1.93. The molecule has 1 saturated heterocycles. The third-order valence-corrected chi connectivity index (χ3v) is 4.62. The summed E-state index contributed by atoms with van der Waals surface area (Å²) in [5.41, 5.74) is -0.0476. The number of hydrogen-bond donors (Lipinski definition) is 1. The van der Waals surface area contributed by atoms with Crippen LogP contribution in [0.15, 0.2) is 18.2 Å². The minimum atomic E-state index is -4.38. The summed E-state index contributed by atoms with van der Waals surface area (Å²) in [6, 6.07) is 4.16. The van der Waals surface area contributed by atoms with Crippen LogP contribution in [0, 0.1) is 11.8 Å². The average molecular weight is 285 g/mol. The predicted octanol–water partition coefficient (Wildman–Crippen LogP) is 3.43. The van der Waals surface area contributed by atoms with Crippen molar-refractivity contribution in [1.82, 2.24) is 0 Å². The molecule has 0 spiro atoms. The first-order chi connectivity index (χ1) is 9.49. The largest absolute Gasteiger partial charge is 0.418 e. The molecule has 2 atom stereocenters. The summed E-state index contributed by atoms with van der Waals surface area (Å²) in [5.74, 6) is 1.10. The van der Waals surface area contributed by atoms with E-state index in [0.717, 1.165) is 32.0 Å². The fourth-order valence-electron chi connectivity index (χ4n) is 3.62. The van der Waals surface area contributed by atoms with Gasteiger partial charge in [-0.15, -0.1) is 0 Å². The number of anilines is 1. The van der Waals surface area contributed by atoms with Crippen LogP contribution >= 0.6 is 0 Å². The summed E-state index contributed by atoms with van der Waals surface area (Å²) in [4.78, 5) is 1.87. The zero-order valence-corrected chi connectivity index (χ0v) is 11.2. The quantitative estimate of drug-likeness (QED) is 0.900. The summed E-state index contributed by atoms with van der Waals surface area (Å²) < 4.78 is 39.6. The molecule has 1 aliphatic carbocycles. The molecule has 3 rings (SSSR count). The smallest absolute Gasteiger partial charge is 0.392 e. The number of halogens is 3. The van der Waals surface area contributed by atoms with Crippen molar-refractivity contribution in [2.45, 2.75) is 32.0 Å². The molecule has 2 aliphatic rings. The molecule has 0 bridgehead atoms. The van der Waals surface area contributed by atoms with E-state index in [0.29, 0.717) is 17.4 Å². The highest BCUT2D eigenvalue weighted by Gasteiger charge is 2.40. The van der Waals surface area contributed by atoms with Gasteiger partial charge in [0.05, 0.1) is 12.2 Å². The van der Waals surface area contributed by atoms with Gasteiger partial charge in [-0.25, -0.2) is 0 Å². The van der Waals surface area contributed by atoms with E-state index in [1.54, 1.807) is 6.07 Å². The van der Waals surface area contributed by atoms with Gasteiger partial charge in [0.15, 0.2) is 0 Å². The monoisotopic (exact) mass is 285 g/mol. The van der Waals surface area contributed by atoms with Crippen molar-refractivity contribution in [3.05, 3.63) is 29.3 Å². The van der Waals surface area contributed by atoms with Gasteiger partial charge in [0, 0.05) is 18.8 Å². The normalized spacial score (nSPS) is 26.1. The summed E-state index contributed by atoms with van der Waals surface area (Å²) >= 11 is 0. The van der Waals surface area contributed by atoms with Crippen LogP contribution in [0.5, 0.6) is 0 Å². The van der Waals surface area contributed by atoms with Crippen LogP contribution in [-0.2, 0) is 12.8 Å². The minimum absolute atomic E-state index is 0.268. The summed E-state index contributed by atoms with van der Waals surface area (Å²) in [6.07, 6.45) is -0.897. The molecule has 0 aromatic heterocycles. The van der Waals surface area contributed by atoms with Crippen LogP contribution in [0.3, 0.4) is 0 Å². The Labute approximate surface area is 116 Å². The molecule has 1 saturated carbocycles. The Morgan fingerprint density at radius 1 is 1.15 bits per heavy atom. The second-order valence-corrected chi connectivity index (χ2v) is 5.86. The second kappa shape index (κ2) is 4.95. The summed E-state index contributed by atoms with van der Waals surface area (Å²) in [7, 11) is 0. The molecule has 1 N–H and O–H groups in total. The first-order valence-corrected chi connectivity index (χ1v) is 7.05. The van der Waals surface area contributed by atoms with Gasteiger partial charge in [-0.05, 0) is 42.4 Å². The Morgan fingerprint density at radius 2 is 1.80 bits per heavy atom. The van der Waals surface area contributed by atoms with E-state index in [-0.39, 0.29) is 12.3 Å². The van der Waals surface area contributed by atoms with Crippen molar-refractivity contribution >= 4 is 5.69 Å². The van der Waals surface area contributed by atoms with Gasteiger partial charge in [0.1, 0.15) is 0 Å². The fourth-order valence-corrected chi connectivity index (χ4v) is 3.62. The van der Waals surface area contributed by atoms with Crippen LogP contribution < -0.4 is 4.90 Å². The molecule has 1 aromatic carbocycles. The van der Waals surface area contributed by atoms with Gasteiger partial charge in [0.2, 0.25) is 0 Å². The zero-order valence-electron chi connectivity index (χ0n) is 11.2. The number of benzene rings is 1. The Hall–Kier alpha value is -1.23. The van der Waals surface area contributed by atoms with Crippen molar-refractivity contribution in [1.29, 1.82) is 0 Å². The Bertz CT molecular complexity index is 488. The topological polar surface area (TPSA) is 23.5 Å². The first-order valence-electron chi connectivity index (χ1n) is 7.05. The highest BCUT2D eigenvalue weighted by Crippen LogP contribution is 2.43. The van der Waals surface area contributed by atoms with Gasteiger partial charge < -0.3 is 10.0 Å². The van der Waals surface area contributed by atoms with Gasteiger partial charge in [0.25, 0.3) is 0 Å². The minimum Gasteiger partial charge on any atom is -0.392 e. The highest BCUT2D eigenvalue weighted by atomic mass is 19.4. The van der Waals surface area contributed by atoms with Crippen LogP contribution in [-0.4, -0.2) is 18.2 Å². The van der Waals surface area contributed by atoms with Crippen LogP contribution in [0.2, 0.25) is 0 Å². The van der Waals surface area contributed by atoms with E-state index in [1.807, 2.05) is 4.90 Å². The van der Waals surface area contributed by atoms with E-state index in [2.05, 4.69) is 0 Å². The predicted molar refractivity (Wildman–Crippen MR) is 70.4 cm³/mol. The number of fused-ring (bicyclic) bond motifs is 1. The Kier molecular flexibility index (Phi) is 3.40. The molecule has 2 fully saturated rings. The maximum absolute atomic E-state index is 13.2. The highest BCUT2D eigenvalue weighted by molar-refractivity contribution is 5.57. The maximum Gasteiger partial charge on any atom is 0.418 e. The lowest BCUT2D eigenvalue weighted by atomic mass is 10.0. The number of alkyl halides is 3. The third kappa shape index (κ3) is 2.39. The fraction of sp³-hybridized carbons (Fsp3) is 0.600. The third-order valence-electron chi connectivity index (χ3n) is 4.62. The van der Waals surface area contributed by atoms with Crippen LogP contribution in [0.4, 0.5) is 18.9 Å². The molecule has 2 unspecified atom stereocenters. The molecule has 5 heteroatoms. The van der Waals surface area contributed by atoms with Crippen molar-refractivity contribution in [2.75, 3.05) is 18.0 Å². The SMILES string of the molecule is OCc1ccc(N2CC3CCCC3C2)c(C(F)(F)F)c1. The van der Waals surface area contributed by atoms with Gasteiger partial charge in [-0.1, -0.05) is 12.5 Å². The number of nitrogens with zero attached hydrogens (tertiary/aromatic N) is 1. The number of rotatable bonds is 2. The lowest BCUT2D eigenvalue weighted by molar-refractivity contribution is -0.137. The van der Waals surface area contributed by atoms with Crippen molar-refractivity contribution in [3.63, 3.8) is 0 Å². The summed E-state index contributed by atoms with van der Waals surface area (Å²) in [6.45, 7) is 1.09. The zero-order chi connectivity index (χ0) is 14.3. The standard InChI is InChI=1S/C15H18F3NO/c16-15(17,18)13-6-10(9-20)4-5-14(13)19-7-11-2-1-3-12(11)8-19/h4-6,11-12,20H,1-3,7-9H2. The molecule has 20 heavy (non-hydrogen) atoms. The average Bonchev–Trinajstić information content (AvgIpc) is 2.97. The van der Waals surface area contributed by atoms with Crippen LogP contribution in [0.1, 0.15) is 30.4 Å². The second-order valence-electron chi connectivity index (χ2n) is 5.86. The molecular weight excluding hydrogens is 267 g/mol. The maximum atomic E-state index is 13.2. The van der Waals surface area contributed by atoms with E-state index >= 15 is 0 Å². The molecule has 1 aromatic rings. The molecule has 1 heterocycles. The van der Waals surface area contributed by atoms with Crippen molar-refractivity contribution in [2.24, 2.45) is 11.8 Å². The summed E-state index contributed by atoms with van der Waals surface area (Å²) in [5, 5.41) is 9.03. The van der Waals surface area contributed by atoms with E-state index < -0.39 is 11.7 Å². The number of aliphatic hydroxyl groups excluding tert-OH is 1. The van der Waals surface area contributed by atoms with Crippen LogP contribution in [0.25, 0.3) is 0 Å². The lowest BCUT2D eigenvalue weighted by Gasteiger charge is -2.24. The van der Waals surface area contributed by atoms with E-state index in [1.165, 1.54) is 12.5 Å². The number of hydrogen-bond acceptors (Lipinski definition) is 2. The van der Waals surface area contributed by atoms with Crippen molar-refractivity contribution < 1.29 is 18.3 Å². The molecule has 110 valence electrons. The molecule has 2 nitrogen and oxygen atoms in total. The molecular formula is C15H18F3NO. The Morgan fingerprint density at radius 3 is 2.35 bits per heavy atom. The van der Waals surface area contributed by atoms with E-state index in [4.69, 9.17) is 5.11 Å². The van der Waals surface area contributed by atoms with Crippen molar-refractivity contribution in [3.8, 4) is 0 Å². The van der Waals surface area contributed by atoms with E-state index in [9.17, 15) is 13.2 Å². The first kappa shape index (κ1) is 13.7. The van der Waals surface area contributed by atoms with Gasteiger partial charge >= 0.3 is 6.18 Å². The van der Waals surface area contributed by atoms with Gasteiger partial charge in [-0.3, -0.25) is 0 Å². The van der Waals surface area contributed by atoms with Gasteiger partial charge in [-0.2, -0.15) is 13.2 Å². The molecule has 1 aliphatic heterocycles. The molecule has 0 radical (unpaired) electrons. The molecule has 0 amide bonds. The number of aliphatic hydroxyl groups is 1.